The van der Waals surface area contributed by atoms with Gasteiger partial charge in [-0.25, -0.2) is 9.48 Å². The second-order valence-electron chi connectivity index (χ2n) is 6.51. The Hall–Kier alpha value is -4.22. The predicted molar refractivity (Wildman–Crippen MR) is 108 cm³/mol. The highest BCUT2D eigenvalue weighted by Crippen LogP contribution is 2.21. The van der Waals surface area contributed by atoms with Crippen LogP contribution in [0.25, 0.3) is 11.6 Å². The summed E-state index contributed by atoms with van der Waals surface area (Å²) in [5, 5.41) is 12.1. The minimum atomic E-state index is -0.347. The fraction of sp³-hybridized carbons (Fsp3) is 0.263. The topological polar surface area (TPSA) is 124 Å². The van der Waals surface area contributed by atoms with E-state index in [1.807, 2.05) is 19.1 Å². The van der Waals surface area contributed by atoms with Crippen LogP contribution in [0.3, 0.4) is 0 Å². The first-order chi connectivity index (χ1) is 15.0. The third-order valence-corrected chi connectivity index (χ3v) is 4.55. The van der Waals surface area contributed by atoms with Crippen LogP contribution in [0.5, 0.6) is 17.6 Å². The van der Waals surface area contributed by atoms with Crippen molar-refractivity contribution in [1.82, 2.24) is 39.5 Å². The number of tetrazole rings is 1. The van der Waals surface area contributed by atoms with E-state index in [2.05, 4.69) is 25.5 Å². The molecule has 0 unspecified atom stereocenters. The first-order valence-corrected chi connectivity index (χ1v) is 9.24. The lowest BCUT2D eigenvalue weighted by molar-refractivity contribution is 0.290. The lowest BCUT2D eigenvalue weighted by Gasteiger charge is -2.11. The summed E-state index contributed by atoms with van der Waals surface area (Å²) in [6, 6.07) is 8.81. The second-order valence-corrected chi connectivity index (χ2v) is 6.51. The van der Waals surface area contributed by atoms with Gasteiger partial charge < -0.3 is 14.2 Å². The Morgan fingerprint density at radius 1 is 1.00 bits per heavy atom. The van der Waals surface area contributed by atoms with Crippen LogP contribution in [0.1, 0.15) is 11.1 Å². The number of benzene rings is 1. The first-order valence-electron chi connectivity index (χ1n) is 9.24. The van der Waals surface area contributed by atoms with Crippen molar-refractivity contribution in [2.45, 2.75) is 13.5 Å². The number of methoxy groups -OCH3 is 2. The van der Waals surface area contributed by atoms with Crippen molar-refractivity contribution >= 4 is 0 Å². The van der Waals surface area contributed by atoms with E-state index in [9.17, 15) is 4.79 Å². The molecule has 4 aromatic rings. The van der Waals surface area contributed by atoms with Crippen molar-refractivity contribution in [2.75, 3.05) is 14.2 Å². The zero-order chi connectivity index (χ0) is 22.0. The molecule has 12 nitrogen and oxygen atoms in total. The molecule has 0 saturated carbocycles. The SMILES string of the molecule is COc1cc(OC)nc(-n2ccc(OCc3c(C)cccc3-n3nnn(C)c3=O)n2)n1. The third-order valence-electron chi connectivity index (χ3n) is 4.55. The first kappa shape index (κ1) is 20.1. The molecular weight excluding hydrogens is 404 g/mol. The Morgan fingerprint density at radius 3 is 2.39 bits per heavy atom. The highest BCUT2D eigenvalue weighted by molar-refractivity contribution is 5.44. The van der Waals surface area contributed by atoms with E-state index < -0.39 is 0 Å². The Morgan fingerprint density at radius 2 is 1.74 bits per heavy atom. The van der Waals surface area contributed by atoms with Crippen LogP contribution < -0.4 is 19.9 Å². The fourth-order valence-electron chi connectivity index (χ4n) is 2.88. The molecule has 31 heavy (non-hydrogen) atoms. The average Bonchev–Trinajstić information content (AvgIpc) is 3.39. The van der Waals surface area contributed by atoms with Crippen molar-refractivity contribution in [3.05, 3.63) is 58.1 Å². The summed E-state index contributed by atoms with van der Waals surface area (Å²) in [6.45, 7) is 2.10. The maximum Gasteiger partial charge on any atom is 0.368 e. The van der Waals surface area contributed by atoms with Crippen molar-refractivity contribution in [2.24, 2.45) is 7.05 Å². The van der Waals surface area contributed by atoms with E-state index in [1.165, 1.54) is 23.6 Å². The van der Waals surface area contributed by atoms with Gasteiger partial charge in [0.15, 0.2) is 0 Å². The third kappa shape index (κ3) is 3.95. The molecular formula is C19H20N8O4. The smallest absolute Gasteiger partial charge is 0.368 e. The van der Waals surface area contributed by atoms with Gasteiger partial charge in [-0.2, -0.15) is 19.3 Å². The Balaban J connectivity index is 1.59. The van der Waals surface area contributed by atoms with E-state index >= 15 is 0 Å². The largest absolute Gasteiger partial charge is 0.481 e. The summed E-state index contributed by atoms with van der Waals surface area (Å²) in [5.74, 6) is 1.32. The minimum absolute atomic E-state index is 0.171. The molecule has 0 N–H and O–H groups in total. The van der Waals surface area contributed by atoms with Crippen molar-refractivity contribution in [3.63, 3.8) is 0 Å². The number of nitrogens with zero attached hydrogens (tertiary/aromatic N) is 8. The Bertz CT molecular complexity index is 1250. The quantitative estimate of drug-likeness (QED) is 0.424. The Kier molecular flexibility index (Phi) is 5.35. The molecule has 12 heteroatoms. The van der Waals surface area contributed by atoms with E-state index in [0.717, 1.165) is 15.8 Å². The number of ether oxygens (including phenoxy) is 3. The van der Waals surface area contributed by atoms with E-state index in [-0.39, 0.29) is 18.2 Å². The van der Waals surface area contributed by atoms with Crippen LogP contribution in [0.15, 0.2) is 41.3 Å². The molecule has 0 aliphatic heterocycles. The number of hydrogen-bond acceptors (Lipinski definition) is 9. The lowest BCUT2D eigenvalue weighted by atomic mass is 10.1. The maximum atomic E-state index is 12.3. The Labute approximate surface area is 176 Å². The molecule has 0 aliphatic rings. The number of aryl methyl sites for hydroxylation is 2. The van der Waals surface area contributed by atoms with Crippen LogP contribution in [-0.4, -0.2) is 53.8 Å². The highest BCUT2D eigenvalue weighted by atomic mass is 16.5. The molecule has 4 rings (SSSR count). The normalized spacial score (nSPS) is 10.8. The van der Waals surface area contributed by atoms with Gasteiger partial charge in [-0.15, -0.1) is 5.10 Å². The maximum absolute atomic E-state index is 12.3. The van der Waals surface area contributed by atoms with E-state index in [4.69, 9.17) is 14.2 Å². The van der Waals surface area contributed by atoms with Crippen LogP contribution in [0.2, 0.25) is 0 Å². The molecule has 0 radical (unpaired) electrons. The molecule has 0 fully saturated rings. The second kappa shape index (κ2) is 8.26. The van der Waals surface area contributed by atoms with Gasteiger partial charge in [-0.1, -0.05) is 12.1 Å². The average molecular weight is 424 g/mol. The van der Waals surface area contributed by atoms with E-state index in [1.54, 1.807) is 31.4 Å². The zero-order valence-corrected chi connectivity index (χ0v) is 17.4. The van der Waals surface area contributed by atoms with Gasteiger partial charge in [0.2, 0.25) is 17.6 Å². The minimum Gasteiger partial charge on any atom is -0.481 e. The van der Waals surface area contributed by atoms with Gasteiger partial charge in [-0.3, -0.25) is 0 Å². The van der Waals surface area contributed by atoms with Crippen molar-refractivity contribution in [3.8, 4) is 29.3 Å². The summed E-state index contributed by atoms with van der Waals surface area (Å²) in [4.78, 5) is 20.8. The molecule has 0 atom stereocenters. The molecule has 1 aromatic carbocycles. The van der Waals surface area contributed by atoms with Crippen LogP contribution in [0.4, 0.5) is 0 Å². The summed E-state index contributed by atoms with van der Waals surface area (Å²) in [7, 11) is 4.55. The van der Waals surface area contributed by atoms with Crippen LogP contribution >= 0.6 is 0 Å². The summed E-state index contributed by atoms with van der Waals surface area (Å²) < 4.78 is 20.1. The van der Waals surface area contributed by atoms with Crippen LogP contribution in [-0.2, 0) is 13.7 Å². The van der Waals surface area contributed by atoms with Gasteiger partial charge in [0.25, 0.3) is 5.95 Å². The zero-order valence-electron chi connectivity index (χ0n) is 17.4. The number of hydrogen-bond donors (Lipinski definition) is 0. The molecule has 160 valence electrons. The van der Waals surface area contributed by atoms with Crippen molar-refractivity contribution in [1.29, 1.82) is 0 Å². The number of aromatic nitrogens is 8. The predicted octanol–water partition coefficient (Wildman–Crippen LogP) is 0.846. The molecule has 0 saturated heterocycles. The van der Waals surface area contributed by atoms with Crippen LogP contribution in [0, 0.1) is 6.92 Å². The standard InChI is InChI=1S/C19H20N8O4/c1-12-6-5-7-14(27-19(28)25(2)23-24-27)13(12)11-31-15-8-9-26(22-15)18-20-16(29-3)10-17(21-18)30-4/h5-10H,11H2,1-4H3. The summed E-state index contributed by atoms with van der Waals surface area (Å²) in [5.41, 5.74) is 1.98. The monoisotopic (exact) mass is 424 g/mol. The van der Waals surface area contributed by atoms with Gasteiger partial charge >= 0.3 is 5.69 Å². The molecule has 3 aromatic heterocycles. The fourth-order valence-corrected chi connectivity index (χ4v) is 2.88. The highest BCUT2D eigenvalue weighted by Gasteiger charge is 2.15. The molecule has 0 spiro atoms. The number of rotatable bonds is 7. The summed E-state index contributed by atoms with van der Waals surface area (Å²) >= 11 is 0. The molecule has 0 bridgehead atoms. The molecule has 3 heterocycles. The molecule has 0 aliphatic carbocycles. The van der Waals surface area contributed by atoms with Gasteiger partial charge in [0.05, 0.1) is 26.0 Å². The van der Waals surface area contributed by atoms with Gasteiger partial charge in [-0.05, 0) is 29.0 Å². The summed E-state index contributed by atoms with van der Waals surface area (Å²) in [6.07, 6.45) is 1.66. The van der Waals surface area contributed by atoms with Crippen molar-refractivity contribution < 1.29 is 14.2 Å². The molecule has 0 amide bonds. The van der Waals surface area contributed by atoms with Gasteiger partial charge in [0, 0.05) is 24.9 Å². The lowest BCUT2D eigenvalue weighted by Crippen LogP contribution is -2.23. The van der Waals surface area contributed by atoms with Gasteiger partial charge in [0.1, 0.15) is 6.61 Å². The van der Waals surface area contributed by atoms with E-state index in [0.29, 0.717) is 23.3 Å².